The van der Waals surface area contributed by atoms with Gasteiger partial charge in [-0.3, -0.25) is 5.32 Å². The Balaban J connectivity index is 1.75. The summed E-state index contributed by atoms with van der Waals surface area (Å²) in [4.78, 5) is 12.3. The van der Waals surface area contributed by atoms with Crippen LogP contribution >= 0.6 is 15.9 Å². The molecule has 29 heavy (non-hydrogen) atoms. The Kier molecular flexibility index (Phi) is 5.92. The van der Waals surface area contributed by atoms with E-state index >= 15 is 0 Å². The number of ether oxygens (including phenoxy) is 1. The summed E-state index contributed by atoms with van der Waals surface area (Å²) in [6, 6.07) is 11.9. The smallest absolute Gasteiger partial charge is 0.416 e. The molecule has 0 aliphatic heterocycles. The van der Waals surface area contributed by atoms with E-state index < -0.39 is 23.9 Å². The van der Waals surface area contributed by atoms with E-state index in [-0.39, 0.29) is 5.56 Å². The number of carbonyl (C=O) groups is 1. The molecular weight excluding hydrogens is 453 g/mol. The maximum atomic E-state index is 12.9. The maximum absolute atomic E-state index is 12.9. The number of benzene rings is 2. The van der Waals surface area contributed by atoms with Gasteiger partial charge in [-0.05, 0) is 36.8 Å². The molecule has 1 amide bonds. The van der Waals surface area contributed by atoms with E-state index in [1.807, 2.05) is 12.1 Å². The van der Waals surface area contributed by atoms with Crippen molar-refractivity contribution in [2.75, 3.05) is 5.32 Å². The minimum absolute atomic E-state index is 0.228. The molecule has 0 aliphatic rings. The van der Waals surface area contributed by atoms with Crippen LogP contribution in [0, 0.1) is 0 Å². The zero-order valence-corrected chi connectivity index (χ0v) is 17.0. The van der Waals surface area contributed by atoms with E-state index in [0.717, 1.165) is 22.2 Å². The molecule has 0 bridgehead atoms. The van der Waals surface area contributed by atoms with Gasteiger partial charge in [0.05, 0.1) is 5.56 Å². The molecule has 0 aliphatic carbocycles. The van der Waals surface area contributed by atoms with Crippen molar-refractivity contribution < 1.29 is 22.7 Å². The number of rotatable bonds is 4. The number of halogens is 4. The summed E-state index contributed by atoms with van der Waals surface area (Å²) >= 11 is 3.35. The van der Waals surface area contributed by atoms with Gasteiger partial charge in [0.1, 0.15) is 11.8 Å². The number of hydrogen-bond acceptors (Lipinski definition) is 4. The third-order valence-corrected chi connectivity index (χ3v) is 4.66. The standard InChI is InChI=1S/C19H16BrF3N4O2/c1-11(13-4-3-5-14(10-13)19(21,22)23)29-18(28)24-17-16(25-26-27(17)2)12-6-8-15(20)9-7-12/h3-11H,1-2H3,(H,24,28). The first-order valence-corrected chi connectivity index (χ1v) is 9.25. The lowest BCUT2D eigenvalue weighted by molar-refractivity contribution is -0.137. The highest BCUT2D eigenvalue weighted by molar-refractivity contribution is 9.10. The quantitative estimate of drug-likeness (QED) is 0.543. The van der Waals surface area contributed by atoms with Crippen LogP contribution in [0.3, 0.4) is 0 Å². The summed E-state index contributed by atoms with van der Waals surface area (Å²) in [5.41, 5.74) is 0.580. The van der Waals surface area contributed by atoms with Crippen LogP contribution in [0.2, 0.25) is 0 Å². The van der Waals surface area contributed by atoms with E-state index in [4.69, 9.17) is 4.74 Å². The first kappa shape index (κ1) is 20.8. The average Bonchev–Trinajstić information content (AvgIpc) is 3.02. The summed E-state index contributed by atoms with van der Waals surface area (Å²) in [5.74, 6) is 0.300. The predicted molar refractivity (Wildman–Crippen MR) is 104 cm³/mol. The highest BCUT2D eigenvalue weighted by atomic mass is 79.9. The van der Waals surface area contributed by atoms with Gasteiger partial charge in [-0.25, -0.2) is 9.48 Å². The van der Waals surface area contributed by atoms with Crippen LogP contribution < -0.4 is 5.32 Å². The predicted octanol–water partition coefficient (Wildman–Crippen LogP) is 5.57. The molecule has 0 radical (unpaired) electrons. The largest absolute Gasteiger partial charge is 0.441 e. The molecule has 10 heteroatoms. The maximum Gasteiger partial charge on any atom is 0.416 e. The average molecular weight is 469 g/mol. The first-order chi connectivity index (χ1) is 13.6. The topological polar surface area (TPSA) is 69.0 Å². The Morgan fingerprint density at radius 1 is 1.21 bits per heavy atom. The number of aryl methyl sites for hydroxylation is 1. The van der Waals surface area contributed by atoms with Crippen molar-refractivity contribution in [1.82, 2.24) is 15.0 Å². The number of alkyl halides is 3. The summed E-state index contributed by atoms with van der Waals surface area (Å²) in [7, 11) is 1.60. The van der Waals surface area contributed by atoms with E-state index in [1.165, 1.54) is 23.7 Å². The number of amides is 1. The minimum atomic E-state index is -4.47. The van der Waals surface area contributed by atoms with Crippen LogP contribution in [0.15, 0.2) is 53.0 Å². The van der Waals surface area contributed by atoms with Gasteiger partial charge in [0.2, 0.25) is 0 Å². The minimum Gasteiger partial charge on any atom is -0.441 e. The number of nitrogens with one attached hydrogen (secondary N) is 1. The molecule has 0 saturated carbocycles. The summed E-state index contributed by atoms with van der Waals surface area (Å²) in [6.07, 6.45) is -6.20. The Bertz CT molecular complexity index is 1020. The molecule has 1 heterocycles. The second-order valence-electron chi connectivity index (χ2n) is 6.21. The molecule has 1 unspecified atom stereocenters. The Morgan fingerprint density at radius 3 is 2.55 bits per heavy atom. The van der Waals surface area contributed by atoms with Crippen LogP contribution in [-0.2, 0) is 18.0 Å². The van der Waals surface area contributed by atoms with Gasteiger partial charge in [0.25, 0.3) is 0 Å². The van der Waals surface area contributed by atoms with Gasteiger partial charge >= 0.3 is 12.3 Å². The molecule has 1 N–H and O–H groups in total. The molecule has 3 rings (SSSR count). The van der Waals surface area contributed by atoms with E-state index in [1.54, 1.807) is 19.2 Å². The molecule has 3 aromatic rings. The number of aromatic nitrogens is 3. The summed E-state index contributed by atoms with van der Waals surface area (Å²) in [5, 5.41) is 10.5. The molecule has 6 nitrogen and oxygen atoms in total. The van der Waals surface area contributed by atoms with Crippen molar-refractivity contribution in [2.24, 2.45) is 7.05 Å². The second-order valence-corrected chi connectivity index (χ2v) is 7.13. The van der Waals surface area contributed by atoms with Crippen LogP contribution in [-0.4, -0.2) is 21.1 Å². The lowest BCUT2D eigenvalue weighted by atomic mass is 10.1. The number of anilines is 1. The highest BCUT2D eigenvalue weighted by Crippen LogP contribution is 2.32. The molecule has 0 spiro atoms. The second kappa shape index (κ2) is 8.24. The lowest BCUT2D eigenvalue weighted by Crippen LogP contribution is -2.18. The third kappa shape index (κ3) is 4.94. The van der Waals surface area contributed by atoms with E-state index in [9.17, 15) is 18.0 Å². The van der Waals surface area contributed by atoms with Gasteiger partial charge in [0.15, 0.2) is 5.82 Å². The van der Waals surface area contributed by atoms with Gasteiger partial charge in [0, 0.05) is 17.1 Å². The Labute approximate surface area is 172 Å². The molecule has 1 atom stereocenters. The monoisotopic (exact) mass is 468 g/mol. The van der Waals surface area contributed by atoms with Crippen LogP contribution in [0.25, 0.3) is 11.3 Å². The van der Waals surface area contributed by atoms with Crippen molar-refractivity contribution in [2.45, 2.75) is 19.2 Å². The van der Waals surface area contributed by atoms with E-state index in [2.05, 4.69) is 31.6 Å². The Hall–Kier alpha value is -2.88. The molecule has 0 saturated heterocycles. The molecule has 1 aromatic heterocycles. The third-order valence-electron chi connectivity index (χ3n) is 4.13. The van der Waals surface area contributed by atoms with Crippen molar-refractivity contribution in [3.05, 3.63) is 64.1 Å². The van der Waals surface area contributed by atoms with E-state index in [0.29, 0.717) is 11.5 Å². The van der Waals surface area contributed by atoms with Gasteiger partial charge in [-0.1, -0.05) is 45.4 Å². The van der Waals surface area contributed by atoms with Gasteiger partial charge in [-0.2, -0.15) is 13.2 Å². The number of hydrogen-bond donors (Lipinski definition) is 1. The van der Waals surface area contributed by atoms with Crippen molar-refractivity contribution in [1.29, 1.82) is 0 Å². The molecule has 152 valence electrons. The first-order valence-electron chi connectivity index (χ1n) is 8.45. The normalized spacial score (nSPS) is 12.5. The lowest BCUT2D eigenvalue weighted by Gasteiger charge is -2.16. The zero-order valence-electron chi connectivity index (χ0n) is 15.4. The Morgan fingerprint density at radius 2 is 1.90 bits per heavy atom. The highest BCUT2D eigenvalue weighted by Gasteiger charge is 2.31. The fraction of sp³-hybridized carbons (Fsp3) is 0.211. The van der Waals surface area contributed by atoms with Crippen molar-refractivity contribution >= 4 is 27.8 Å². The SMILES string of the molecule is CC(OC(=O)Nc1c(-c2ccc(Br)cc2)nnn1C)c1cccc(C(F)(F)F)c1. The summed E-state index contributed by atoms with van der Waals surface area (Å²) < 4.78 is 46.1. The molecule has 2 aromatic carbocycles. The van der Waals surface area contributed by atoms with Crippen molar-refractivity contribution in [3.8, 4) is 11.3 Å². The van der Waals surface area contributed by atoms with Crippen LogP contribution in [0.1, 0.15) is 24.2 Å². The van der Waals surface area contributed by atoms with Crippen LogP contribution in [0.5, 0.6) is 0 Å². The number of carbonyl (C=O) groups excluding carboxylic acids is 1. The fourth-order valence-electron chi connectivity index (χ4n) is 2.62. The zero-order chi connectivity index (χ0) is 21.2. The fourth-order valence-corrected chi connectivity index (χ4v) is 2.89. The van der Waals surface area contributed by atoms with Crippen LogP contribution in [0.4, 0.5) is 23.8 Å². The molecule has 0 fully saturated rings. The van der Waals surface area contributed by atoms with Gasteiger partial charge in [-0.15, -0.1) is 5.10 Å². The molecular formula is C19H16BrF3N4O2. The van der Waals surface area contributed by atoms with Crippen molar-refractivity contribution in [3.63, 3.8) is 0 Å². The number of nitrogens with zero attached hydrogens (tertiary/aromatic N) is 3. The summed E-state index contributed by atoms with van der Waals surface area (Å²) in [6.45, 7) is 1.49. The van der Waals surface area contributed by atoms with Gasteiger partial charge < -0.3 is 4.74 Å².